The highest BCUT2D eigenvalue weighted by Crippen LogP contribution is 2.32. The lowest BCUT2D eigenvalue weighted by Crippen LogP contribution is -2.01. The van der Waals surface area contributed by atoms with Gasteiger partial charge in [-0.2, -0.15) is 0 Å². The highest BCUT2D eigenvalue weighted by molar-refractivity contribution is 5.71. The first kappa shape index (κ1) is 10.0. The van der Waals surface area contributed by atoms with Crippen LogP contribution >= 0.6 is 0 Å². The van der Waals surface area contributed by atoms with Gasteiger partial charge in [0.2, 0.25) is 0 Å². The van der Waals surface area contributed by atoms with Gasteiger partial charge in [0.15, 0.2) is 0 Å². The zero-order chi connectivity index (χ0) is 10.8. The first-order chi connectivity index (χ1) is 7.20. The molecule has 0 N–H and O–H groups in total. The maximum absolute atomic E-state index is 11.0. The third-order valence-corrected chi connectivity index (χ3v) is 2.71. The zero-order valence-corrected chi connectivity index (χ0v) is 8.95. The van der Waals surface area contributed by atoms with Gasteiger partial charge in [-0.3, -0.25) is 4.79 Å². The number of ether oxygens (including phenoxy) is 2. The van der Waals surface area contributed by atoms with Gasteiger partial charge in [-0.25, -0.2) is 0 Å². The van der Waals surface area contributed by atoms with Crippen molar-refractivity contribution in [1.29, 1.82) is 0 Å². The lowest BCUT2D eigenvalue weighted by atomic mass is 10.0. The summed E-state index contributed by atoms with van der Waals surface area (Å²) >= 11 is 0. The second-order valence-corrected chi connectivity index (χ2v) is 3.74. The van der Waals surface area contributed by atoms with Crippen molar-refractivity contribution in [3.63, 3.8) is 0 Å². The van der Waals surface area contributed by atoms with Crippen molar-refractivity contribution >= 4 is 5.97 Å². The molecule has 1 aliphatic heterocycles. The SMILES string of the molecule is COc1ccc(C2CCC(=O)O2)c(C)c1. The van der Waals surface area contributed by atoms with Crippen LogP contribution in [0.5, 0.6) is 5.75 Å². The second-order valence-electron chi connectivity index (χ2n) is 3.74. The zero-order valence-electron chi connectivity index (χ0n) is 8.95. The van der Waals surface area contributed by atoms with E-state index in [4.69, 9.17) is 9.47 Å². The largest absolute Gasteiger partial charge is 0.497 e. The van der Waals surface area contributed by atoms with E-state index in [0.29, 0.717) is 6.42 Å². The summed E-state index contributed by atoms with van der Waals surface area (Å²) in [7, 11) is 1.64. The van der Waals surface area contributed by atoms with Gasteiger partial charge in [0.1, 0.15) is 11.9 Å². The Balaban J connectivity index is 2.25. The number of carbonyl (C=O) groups is 1. The fourth-order valence-corrected chi connectivity index (χ4v) is 1.88. The van der Waals surface area contributed by atoms with E-state index in [1.54, 1.807) is 7.11 Å². The van der Waals surface area contributed by atoms with Gasteiger partial charge in [0.25, 0.3) is 0 Å². The summed E-state index contributed by atoms with van der Waals surface area (Å²) in [6.45, 7) is 2.00. The Morgan fingerprint density at radius 1 is 1.47 bits per heavy atom. The number of benzene rings is 1. The Morgan fingerprint density at radius 2 is 2.27 bits per heavy atom. The van der Waals surface area contributed by atoms with Crippen LogP contribution in [0.25, 0.3) is 0 Å². The highest BCUT2D eigenvalue weighted by Gasteiger charge is 2.25. The van der Waals surface area contributed by atoms with Crippen LogP contribution in [0, 0.1) is 6.92 Å². The molecule has 1 heterocycles. The van der Waals surface area contributed by atoms with Gasteiger partial charge >= 0.3 is 5.97 Å². The minimum Gasteiger partial charge on any atom is -0.497 e. The van der Waals surface area contributed by atoms with Crippen molar-refractivity contribution in [1.82, 2.24) is 0 Å². The molecule has 2 rings (SSSR count). The average molecular weight is 206 g/mol. The summed E-state index contributed by atoms with van der Waals surface area (Å²) in [6.07, 6.45) is 1.24. The summed E-state index contributed by atoms with van der Waals surface area (Å²) in [5, 5.41) is 0. The number of rotatable bonds is 2. The predicted octanol–water partition coefficient (Wildman–Crippen LogP) is 2.38. The molecule has 0 aliphatic carbocycles. The van der Waals surface area contributed by atoms with E-state index in [1.807, 2.05) is 25.1 Å². The fourth-order valence-electron chi connectivity index (χ4n) is 1.88. The van der Waals surface area contributed by atoms with E-state index >= 15 is 0 Å². The molecule has 0 saturated carbocycles. The maximum Gasteiger partial charge on any atom is 0.306 e. The van der Waals surface area contributed by atoms with E-state index in [0.717, 1.165) is 23.3 Å². The number of cyclic esters (lactones) is 1. The van der Waals surface area contributed by atoms with Crippen molar-refractivity contribution in [2.45, 2.75) is 25.9 Å². The van der Waals surface area contributed by atoms with Gasteiger partial charge in [-0.1, -0.05) is 6.07 Å². The van der Waals surface area contributed by atoms with E-state index < -0.39 is 0 Å². The molecule has 0 spiro atoms. The molecule has 1 aromatic rings. The number of hydrogen-bond donors (Lipinski definition) is 0. The van der Waals surface area contributed by atoms with Crippen molar-refractivity contribution in [3.05, 3.63) is 29.3 Å². The average Bonchev–Trinajstić information content (AvgIpc) is 2.64. The molecule has 0 amide bonds. The summed E-state index contributed by atoms with van der Waals surface area (Å²) < 4.78 is 10.3. The number of carbonyl (C=O) groups excluding carboxylic acids is 1. The molecule has 1 unspecified atom stereocenters. The molecule has 0 bridgehead atoms. The molecular formula is C12H14O3. The van der Waals surface area contributed by atoms with E-state index in [9.17, 15) is 4.79 Å². The molecule has 1 saturated heterocycles. The first-order valence-electron chi connectivity index (χ1n) is 5.04. The number of aryl methyl sites for hydroxylation is 1. The van der Waals surface area contributed by atoms with Crippen LogP contribution in [0.4, 0.5) is 0 Å². The topological polar surface area (TPSA) is 35.5 Å². The van der Waals surface area contributed by atoms with Crippen molar-refractivity contribution in [2.24, 2.45) is 0 Å². The minimum atomic E-state index is -0.102. The molecule has 15 heavy (non-hydrogen) atoms. The number of hydrogen-bond acceptors (Lipinski definition) is 3. The first-order valence-corrected chi connectivity index (χ1v) is 5.04. The number of methoxy groups -OCH3 is 1. The van der Waals surface area contributed by atoms with Gasteiger partial charge in [0, 0.05) is 6.42 Å². The lowest BCUT2D eigenvalue weighted by Gasteiger charge is -2.13. The van der Waals surface area contributed by atoms with Crippen molar-refractivity contribution < 1.29 is 14.3 Å². The normalized spacial score (nSPS) is 20.1. The molecule has 80 valence electrons. The monoisotopic (exact) mass is 206 g/mol. The quantitative estimate of drug-likeness (QED) is 0.697. The van der Waals surface area contributed by atoms with Crippen LogP contribution in [0.2, 0.25) is 0 Å². The van der Waals surface area contributed by atoms with Crippen molar-refractivity contribution in [2.75, 3.05) is 7.11 Å². The summed E-state index contributed by atoms with van der Waals surface area (Å²) in [5.74, 6) is 0.732. The van der Waals surface area contributed by atoms with Gasteiger partial charge in [-0.05, 0) is 36.6 Å². The van der Waals surface area contributed by atoms with Crippen LogP contribution in [0.3, 0.4) is 0 Å². The molecule has 3 heteroatoms. The van der Waals surface area contributed by atoms with Gasteiger partial charge in [0.05, 0.1) is 7.11 Å². The molecule has 1 aliphatic rings. The molecule has 3 nitrogen and oxygen atoms in total. The van der Waals surface area contributed by atoms with Gasteiger partial charge in [-0.15, -0.1) is 0 Å². The molecule has 1 fully saturated rings. The van der Waals surface area contributed by atoms with Crippen LogP contribution in [0.15, 0.2) is 18.2 Å². The van der Waals surface area contributed by atoms with Crippen LogP contribution < -0.4 is 4.74 Å². The van der Waals surface area contributed by atoms with E-state index in [2.05, 4.69) is 0 Å². The highest BCUT2D eigenvalue weighted by atomic mass is 16.5. The molecule has 1 atom stereocenters. The molecule has 1 aromatic carbocycles. The van der Waals surface area contributed by atoms with Crippen molar-refractivity contribution in [3.8, 4) is 5.75 Å². The number of esters is 1. The third kappa shape index (κ3) is 1.96. The molecule has 0 radical (unpaired) electrons. The smallest absolute Gasteiger partial charge is 0.306 e. The second kappa shape index (κ2) is 3.93. The van der Waals surface area contributed by atoms with Crippen LogP contribution in [-0.2, 0) is 9.53 Å². The minimum absolute atomic E-state index is 0.0663. The van der Waals surface area contributed by atoms with Gasteiger partial charge < -0.3 is 9.47 Å². The van der Waals surface area contributed by atoms with Crippen LogP contribution in [-0.4, -0.2) is 13.1 Å². The standard InChI is InChI=1S/C12H14O3/c1-8-7-9(14-2)3-4-10(8)11-5-6-12(13)15-11/h3-4,7,11H,5-6H2,1-2H3. The summed E-state index contributed by atoms with van der Waals surface area (Å²) in [5.41, 5.74) is 2.19. The molecular weight excluding hydrogens is 192 g/mol. The Morgan fingerprint density at radius 3 is 2.80 bits per heavy atom. The Kier molecular flexibility index (Phi) is 2.62. The van der Waals surface area contributed by atoms with E-state index in [1.165, 1.54) is 0 Å². The summed E-state index contributed by atoms with van der Waals surface area (Å²) in [4.78, 5) is 11.0. The fraction of sp³-hybridized carbons (Fsp3) is 0.417. The third-order valence-electron chi connectivity index (χ3n) is 2.71. The Hall–Kier alpha value is -1.51. The summed E-state index contributed by atoms with van der Waals surface area (Å²) in [6, 6.07) is 5.83. The van der Waals surface area contributed by atoms with E-state index in [-0.39, 0.29) is 12.1 Å². The Labute approximate surface area is 89.0 Å². The lowest BCUT2D eigenvalue weighted by molar-refractivity contribution is -0.141. The maximum atomic E-state index is 11.0. The Bertz CT molecular complexity index is 384. The predicted molar refractivity (Wildman–Crippen MR) is 55.8 cm³/mol. The molecule has 0 aromatic heterocycles. The van der Waals surface area contributed by atoms with Crippen LogP contribution in [0.1, 0.15) is 30.1 Å².